The zero-order valence-electron chi connectivity index (χ0n) is 15.6. The quantitative estimate of drug-likeness (QED) is 0.249. The Kier molecular flexibility index (Phi) is 7.62. The average Bonchev–Trinajstić information content (AvgIpc) is 2.75. The minimum absolute atomic E-state index is 0.100. The lowest BCUT2D eigenvalue weighted by Gasteiger charge is -2.23. The summed E-state index contributed by atoms with van der Waals surface area (Å²) in [6, 6.07) is 22.3. The van der Waals surface area contributed by atoms with E-state index in [2.05, 4.69) is 49.0 Å². The van der Waals surface area contributed by atoms with E-state index in [9.17, 15) is 13.2 Å². The van der Waals surface area contributed by atoms with E-state index in [0.29, 0.717) is 5.69 Å². The number of hydrazone groups is 1. The van der Waals surface area contributed by atoms with Gasteiger partial charge in [0.15, 0.2) is 0 Å². The molecule has 0 saturated heterocycles. The number of sulfonamides is 1. The lowest BCUT2D eigenvalue weighted by molar-refractivity contribution is -0.119. The molecule has 0 unspecified atom stereocenters. The van der Waals surface area contributed by atoms with Crippen LogP contribution in [0.5, 0.6) is 0 Å². The Balaban J connectivity index is 1.81. The Bertz CT molecular complexity index is 1140. The van der Waals surface area contributed by atoms with Gasteiger partial charge in [-0.2, -0.15) is 5.10 Å². The summed E-state index contributed by atoms with van der Waals surface area (Å²) in [5.74, 6) is -0.556. The second kappa shape index (κ2) is 10.2. The molecule has 0 bridgehead atoms. The van der Waals surface area contributed by atoms with E-state index in [1.165, 1.54) is 18.3 Å². The minimum Gasteiger partial charge on any atom is -0.271 e. The summed E-state index contributed by atoms with van der Waals surface area (Å²) >= 11 is 5.53. The summed E-state index contributed by atoms with van der Waals surface area (Å²) in [4.78, 5) is 12.6. The molecule has 0 aliphatic carbocycles. The summed E-state index contributed by atoms with van der Waals surface area (Å²) in [5, 5.41) is 3.93. The van der Waals surface area contributed by atoms with Crippen molar-refractivity contribution in [3.63, 3.8) is 0 Å². The molecule has 6 nitrogen and oxygen atoms in total. The molecule has 30 heavy (non-hydrogen) atoms. The van der Waals surface area contributed by atoms with Crippen LogP contribution in [0.1, 0.15) is 5.56 Å². The van der Waals surface area contributed by atoms with E-state index < -0.39 is 22.5 Å². The zero-order valence-corrected chi connectivity index (χ0v) is 20.1. The molecule has 3 aromatic rings. The lowest BCUT2D eigenvalue weighted by atomic mass is 10.2. The number of hydrogen-bond acceptors (Lipinski definition) is 4. The Morgan fingerprint density at radius 3 is 2.27 bits per heavy atom. The predicted molar refractivity (Wildman–Crippen MR) is 130 cm³/mol. The average molecular weight is 598 g/mol. The third-order valence-electron chi connectivity index (χ3n) is 4.01. The Labute approximate surface area is 197 Å². The zero-order chi connectivity index (χ0) is 21.6. The largest absolute Gasteiger partial charge is 0.271 e. The van der Waals surface area contributed by atoms with Gasteiger partial charge in [0, 0.05) is 8.04 Å². The van der Waals surface area contributed by atoms with Crippen LogP contribution in [0.15, 0.2) is 93.3 Å². The first-order valence-corrected chi connectivity index (χ1v) is 12.1. The third-order valence-corrected chi connectivity index (χ3v) is 7.04. The molecule has 3 aromatic carbocycles. The fraction of sp³-hybridized carbons (Fsp3) is 0.0476. The van der Waals surface area contributed by atoms with Gasteiger partial charge in [-0.1, -0.05) is 46.3 Å². The van der Waals surface area contributed by atoms with Gasteiger partial charge in [-0.3, -0.25) is 9.10 Å². The van der Waals surface area contributed by atoms with Gasteiger partial charge in [0.1, 0.15) is 6.54 Å². The molecular formula is C21H17BrIN3O3S. The van der Waals surface area contributed by atoms with Crippen LogP contribution in [0.25, 0.3) is 0 Å². The monoisotopic (exact) mass is 597 g/mol. The van der Waals surface area contributed by atoms with Gasteiger partial charge >= 0.3 is 0 Å². The first-order valence-electron chi connectivity index (χ1n) is 8.77. The summed E-state index contributed by atoms with van der Waals surface area (Å²) in [7, 11) is -3.94. The predicted octanol–water partition coefficient (Wildman–Crippen LogP) is 4.40. The van der Waals surface area contributed by atoms with Crippen molar-refractivity contribution in [3.05, 3.63) is 92.5 Å². The number of rotatable bonds is 7. The van der Waals surface area contributed by atoms with Crippen LogP contribution in [-0.4, -0.2) is 27.1 Å². The van der Waals surface area contributed by atoms with Crippen molar-refractivity contribution >= 4 is 66.4 Å². The van der Waals surface area contributed by atoms with Crippen molar-refractivity contribution in [1.29, 1.82) is 0 Å². The normalized spacial score (nSPS) is 11.4. The minimum atomic E-state index is -3.94. The molecule has 1 amide bonds. The molecule has 1 N–H and O–H groups in total. The smallest absolute Gasteiger partial charge is 0.264 e. The standard InChI is InChI=1S/C21H17BrIN3O3S/c22-17-8-12-19(13-9-17)26(30(28,29)20-4-2-1-3-5-20)15-21(27)25-24-14-16-6-10-18(23)11-7-16/h1-14H,15H2,(H,25,27). The van der Waals surface area contributed by atoms with Crippen molar-refractivity contribution in [2.45, 2.75) is 4.90 Å². The molecule has 9 heteroatoms. The lowest BCUT2D eigenvalue weighted by Crippen LogP contribution is -2.39. The number of hydrogen-bond donors (Lipinski definition) is 1. The van der Waals surface area contributed by atoms with Crippen LogP contribution in [0.4, 0.5) is 5.69 Å². The van der Waals surface area contributed by atoms with Crippen molar-refractivity contribution in [3.8, 4) is 0 Å². The number of carbonyl (C=O) groups excluding carboxylic acids is 1. The highest BCUT2D eigenvalue weighted by atomic mass is 127. The molecule has 0 atom stereocenters. The van der Waals surface area contributed by atoms with Crippen molar-refractivity contribution in [2.24, 2.45) is 5.10 Å². The van der Waals surface area contributed by atoms with E-state index in [4.69, 9.17) is 0 Å². The van der Waals surface area contributed by atoms with Gasteiger partial charge in [-0.25, -0.2) is 13.8 Å². The third kappa shape index (κ3) is 5.89. The molecule has 154 valence electrons. The Morgan fingerprint density at radius 1 is 1.00 bits per heavy atom. The van der Waals surface area contributed by atoms with E-state index in [0.717, 1.165) is 17.9 Å². The van der Waals surface area contributed by atoms with Crippen molar-refractivity contribution < 1.29 is 13.2 Å². The summed E-state index contributed by atoms with van der Waals surface area (Å²) < 4.78 is 29.3. The highest BCUT2D eigenvalue weighted by molar-refractivity contribution is 14.1. The van der Waals surface area contributed by atoms with E-state index in [1.54, 1.807) is 42.5 Å². The van der Waals surface area contributed by atoms with Gasteiger partial charge < -0.3 is 0 Å². The summed E-state index contributed by atoms with van der Waals surface area (Å²) in [6.45, 7) is -0.414. The van der Waals surface area contributed by atoms with Crippen LogP contribution < -0.4 is 9.73 Å². The van der Waals surface area contributed by atoms with Crippen LogP contribution in [0.3, 0.4) is 0 Å². The van der Waals surface area contributed by atoms with Gasteiger partial charge in [-0.15, -0.1) is 0 Å². The number of nitrogens with one attached hydrogen (secondary N) is 1. The maximum atomic E-state index is 13.2. The Hall–Kier alpha value is -2.24. The Morgan fingerprint density at radius 2 is 1.63 bits per heavy atom. The molecule has 0 saturated carbocycles. The molecule has 0 fully saturated rings. The number of benzene rings is 3. The number of anilines is 1. The molecule has 0 spiro atoms. The van der Waals surface area contributed by atoms with Crippen LogP contribution >= 0.6 is 38.5 Å². The topological polar surface area (TPSA) is 78.8 Å². The van der Waals surface area contributed by atoms with Crippen molar-refractivity contribution in [1.82, 2.24) is 5.43 Å². The maximum absolute atomic E-state index is 13.2. The van der Waals surface area contributed by atoms with Crippen LogP contribution in [-0.2, 0) is 14.8 Å². The van der Waals surface area contributed by atoms with Crippen molar-refractivity contribution in [2.75, 3.05) is 10.8 Å². The first kappa shape index (κ1) is 22.4. The maximum Gasteiger partial charge on any atom is 0.264 e. The van der Waals surface area contributed by atoms with E-state index in [-0.39, 0.29) is 4.90 Å². The second-order valence-corrected chi connectivity index (χ2v) is 10.2. The molecule has 3 rings (SSSR count). The van der Waals surface area contributed by atoms with Gasteiger partial charge in [-0.05, 0) is 76.7 Å². The summed E-state index contributed by atoms with van der Waals surface area (Å²) in [6.07, 6.45) is 1.50. The SMILES string of the molecule is O=C(CN(c1ccc(Br)cc1)S(=O)(=O)c1ccccc1)NN=Cc1ccc(I)cc1. The highest BCUT2D eigenvalue weighted by Crippen LogP contribution is 2.25. The number of halogens is 2. The molecule has 0 heterocycles. The fourth-order valence-corrected chi connectivity index (χ4v) is 4.60. The molecule has 0 radical (unpaired) electrons. The molecular weight excluding hydrogens is 581 g/mol. The number of carbonyl (C=O) groups is 1. The van der Waals surface area contributed by atoms with Gasteiger partial charge in [0.25, 0.3) is 15.9 Å². The summed E-state index contributed by atoms with van der Waals surface area (Å²) in [5.41, 5.74) is 3.59. The first-order chi connectivity index (χ1) is 14.4. The molecule has 0 aliphatic heterocycles. The van der Waals surface area contributed by atoms with Gasteiger partial charge in [0.2, 0.25) is 0 Å². The molecule has 0 aromatic heterocycles. The van der Waals surface area contributed by atoms with Crippen LogP contribution in [0.2, 0.25) is 0 Å². The number of amides is 1. The van der Waals surface area contributed by atoms with E-state index >= 15 is 0 Å². The highest BCUT2D eigenvalue weighted by Gasteiger charge is 2.27. The van der Waals surface area contributed by atoms with Crippen LogP contribution in [0, 0.1) is 3.57 Å². The fourth-order valence-electron chi connectivity index (χ4n) is 2.54. The second-order valence-electron chi connectivity index (χ2n) is 6.15. The number of nitrogens with zero attached hydrogens (tertiary/aromatic N) is 2. The van der Waals surface area contributed by atoms with Gasteiger partial charge in [0.05, 0.1) is 16.8 Å². The molecule has 0 aliphatic rings. The van der Waals surface area contributed by atoms with E-state index in [1.807, 2.05) is 24.3 Å².